The molecule has 0 saturated carbocycles. The van der Waals surface area contributed by atoms with Gasteiger partial charge in [0.15, 0.2) is 5.79 Å². The Labute approximate surface area is 90.2 Å². The molecular weight excluding hydrogens is 196 g/mol. The van der Waals surface area contributed by atoms with E-state index in [4.69, 9.17) is 9.47 Å². The van der Waals surface area contributed by atoms with Gasteiger partial charge < -0.3 is 14.2 Å². The van der Waals surface area contributed by atoms with Crippen LogP contribution >= 0.6 is 0 Å². The van der Waals surface area contributed by atoms with E-state index in [9.17, 15) is 4.79 Å². The lowest BCUT2D eigenvalue weighted by Gasteiger charge is -2.21. The summed E-state index contributed by atoms with van der Waals surface area (Å²) in [7, 11) is 1.36. The largest absolute Gasteiger partial charge is 0.466 e. The van der Waals surface area contributed by atoms with Crippen molar-refractivity contribution in [3.05, 3.63) is 12.2 Å². The van der Waals surface area contributed by atoms with Gasteiger partial charge in [-0.05, 0) is 19.8 Å². The zero-order chi connectivity index (χ0) is 11.3. The van der Waals surface area contributed by atoms with Crippen LogP contribution in [0.25, 0.3) is 0 Å². The second-order valence-electron chi connectivity index (χ2n) is 3.78. The Hall–Kier alpha value is -0.870. The Morgan fingerprint density at radius 3 is 2.60 bits per heavy atom. The lowest BCUT2D eigenvalue weighted by Crippen LogP contribution is -2.25. The Morgan fingerprint density at radius 1 is 1.47 bits per heavy atom. The summed E-state index contributed by atoms with van der Waals surface area (Å²) in [6, 6.07) is 0. The summed E-state index contributed by atoms with van der Waals surface area (Å²) in [5.41, 5.74) is 0.499. The third-order valence-corrected chi connectivity index (χ3v) is 2.48. The fraction of sp³-hybridized carbons (Fsp3) is 0.727. The van der Waals surface area contributed by atoms with Gasteiger partial charge in [-0.2, -0.15) is 0 Å². The van der Waals surface area contributed by atoms with E-state index in [0.29, 0.717) is 25.2 Å². The van der Waals surface area contributed by atoms with E-state index in [1.165, 1.54) is 7.11 Å². The SMILES string of the molecule is C=C(CCCC1(C)OCCO1)C(=O)OC. The van der Waals surface area contributed by atoms with Crippen molar-refractivity contribution in [1.82, 2.24) is 0 Å². The van der Waals surface area contributed by atoms with Gasteiger partial charge in [-0.3, -0.25) is 0 Å². The third-order valence-electron chi connectivity index (χ3n) is 2.48. The van der Waals surface area contributed by atoms with E-state index in [0.717, 1.165) is 12.8 Å². The maximum absolute atomic E-state index is 11.0. The van der Waals surface area contributed by atoms with Gasteiger partial charge in [0, 0.05) is 12.0 Å². The number of carbonyl (C=O) groups is 1. The van der Waals surface area contributed by atoms with Crippen LogP contribution in [0.1, 0.15) is 26.2 Å². The van der Waals surface area contributed by atoms with E-state index in [-0.39, 0.29) is 5.97 Å². The molecule has 0 radical (unpaired) electrons. The molecule has 0 unspecified atom stereocenters. The molecule has 0 N–H and O–H groups in total. The molecule has 0 aromatic rings. The van der Waals surface area contributed by atoms with Gasteiger partial charge in [-0.25, -0.2) is 4.79 Å². The van der Waals surface area contributed by atoms with Crippen molar-refractivity contribution in [2.45, 2.75) is 32.0 Å². The Morgan fingerprint density at radius 2 is 2.07 bits per heavy atom. The van der Waals surface area contributed by atoms with Gasteiger partial charge in [0.05, 0.1) is 20.3 Å². The number of ether oxygens (including phenoxy) is 3. The van der Waals surface area contributed by atoms with Gasteiger partial charge in [0.25, 0.3) is 0 Å². The Kier molecular flexibility index (Phi) is 4.29. The van der Waals surface area contributed by atoms with E-state index < -0.39 is 5.79 Å². The Balaban J connectivity index is 2.21. The standard InChI is InChI=1S/C11H18O4/c1-9(10(12)13-3)5-4-6-11(2)14-7-8-15-11/h1,4-8H2,2-3H3. The van der Waals surface area contributed by atoms with Crippen molar-refractivity contribution in [2.75, 3.05) is 20.3 Å². The highest BCUT2D eigenvalue weighted by Gasteiger charge is 2.30. The quantitative estimate of drug-likeness (QED) is 0.515. The molecule has 0 bridgehead atoms. The second-order valence-corrected chi connectivity index (χ2v) is 3.78. The van der Waals surface area contributed by atoms with Crippen LogP contribution in [0.4, 0.5) is 0 Å². The fourth-order valence-electron chi connectivity index (χ4n) is 1.57. The average Bonchev–Trinajstić information content (AvgIpc) is 2.64. The molecule has 1 saturated heterocycles. The van der Waals surface area contributed by atoms with Crippen LogP contribution in [-0.2, 0) is 19.0 Å². The molecule has 1 fully saturated rings. The molecule has 86 valence electrons. The van der Waals surface area contributed by atoms with Crippen LogP contribution < -0.4 is 0 Å². The predicted octanol–water partition coefficient (Wildman–Crippen LogP) is 1.65. The maximum Gasteiger partial charge on any atom is 0.333 e. The number of hydrogen-bond acceptors (Lipinski definition) is 4. The van der Waals surface area contributed by atoms with Gasteiger partial charge >= 0.3 is 5.97 Å². The molecule has 1 rings (SSSR count). The van der Waals surface area contributed by atoms with E-state index in [2.05, 4.69) is 11.3 Å². The number of hydrogen-bond donors (Lipinski definition) is 0. The molecule has 15 heavy (non-hydrogen) atoms. The highest BCUT2D eigenvalue weighted by Crippen LogP contribution is 2.25. The minimum Gasteiger partial charge on any atom is -0.466 e. The Bertz CT molecular complexity index is 241. The number of rotatable bonds is 5. The summed E-state index contributed by atoms with van der Waals surface area (Å²) in [6.45, 7) is 6.87. The zero-order valence-electron chi connectivity index (χ0n) is 9.38. The maximum atomic E-state index is 11.0. The minimum absolute atomic E-state index is 0.339. The smallest absolute Gasteiger partial charge is 0.333 e. The summed E-state index contributed by atoms with van der Waals surface area (Å²) < 4.78 is 15.4. The van der Waals surface area contributed by atoms with Crippen molar-refractivity contribution in [1.29, 1.82) is 0 Å². The molecule has 0 spiro atoms. The van der Waals surface area contributed by atoms with Crippen LogP contribution in [0.5, 0.6) is 0 Å². The van der Waals surface area contributed by atoms with Gasteiger partial charge in [-0.15, -0.1) is 0 Å². The molecule has 4 nitrogen and oxygen atoms in total. The monoisotopic (exact) mass is 214 g/mol. The molecule has 0 aromatic carbocycles. The van der Waals surface area contributed by atoms with Gasteiger partial charge in [-0.1, -0.05) is 6.58 Å². The predicted molar refractivity (Wildman–Crippen MR) is 55.3 cm³/mol. The van der Waals surface area contributed by atoms with Crippen molar-refractivity contribution >= 4 is 5.97 Å². The van der Waals surface area contributed by atoms with E-state index >= 15 is 0 Å². The normalized spacial score (nSPS) is 18.8. The fourth-order valence-corrected chi connectivity index (χ4v) is 1.57. The number of carbonyl (C=O) groups excluding carboxylic acids is 1. The molecule has 1 heterocycles. The molecule has 4 heteroatoms. The second kappa shape index (κ2) is 5.28. The van der Waals surface area contributed by atoms with Crippen molar-refractivity contribution in [3.63, 3.8) is 0 Å². The molecular formula is C11H18O4. The molecule has 0 aliphatic carbocycles. The average molecular weight is 214 g/mol. The highest BCUT2D eigenvalue weighted by atomic mass is 16.7. The summed E-state index contributed by atoms with van der Waals surface area (Å²) in [4.78, 5) is 11.0. The lowest BCUT2D eigenvalue weighted by molar-refractivity contribution is -0.147. The van der Waals surface area contributed by atoms with Crippen LogP contribution in [-0.4, -0.2) is 32.1 Å². The van der Waals surface area contributed by atoms with E-state index in [1.807, 2.05) is 6.92 Å². The molecule has 1 aliphatic rings. The number of esters is 1. The first-order chi connectivity index (χ1) is 7.07. The summed E-state index contributed by atoms with van der Waals surface area (Å²) >= 11 is 0. The minimum atomic E-state index is -0.476. The zero-order valence-corrected chi connectivity index (χ0v) is 9.38. The van der Waals surface area contributed by atoms with Crippen molar-refractivity contribution in [2.24, 2.45) is 0 Å². The van der Waals surface area contributed by atoms with Crippen LogP contribution in [0, 0.1) is 0 Å². The van der Waals surface area contributed by atoms with Crippen LogP contribution in [0.3, 0.4) is 0 Å². The first-order valence-corrected chi connectivity index (χ1v) is 5.11. The van der Waals surface area contributed by atoms with Crippen LogP contribution in [0.15, 0.2) is 12.2 Å². The first kappa shape index (κ1) is 12.2. The summed E-state index contributed by atoms with van der Waals surface area (Å²) in [5.74, 6) is -0.815. The topological polar surface area (TPSA) is 44.8 Å². The van der Waals surface area contributed by atoms with E-state index in [1.54, 1.807) is 0 Å². The summed E-state index contributed by atoms with van der Waals surface area (Å²) in [5, 5.41) is 0. The highest BCUT2D eigenvalue weighted by molar-refractivity contribution is 5.87. The van der Waals surface area contributed by atoms with Crippen molar-refractivity contribution in [3.8, 4) is 0 Å². The van der Waals surface area contributed by atoms with Gasteiger partial charge in [0.1, 0.15) is 0 Å². The van der Waals surface area contributed by atoms with Gasteiger partial charge in [0.2, 0.25) is 0 Å². The lowest BCUT2D eigenvalue weighted by atomic mass is 10.1. The molecule has 0 aromatic heterocycles. The molecule has 0 amide bonds. The summed E-state index contributed by atoms with van der Waals surface area (Å²) in [6.07, 6.45) is 2.20. The van der Waals surface area contributed by atoms with Crippen molar-refractivity contribution < 1.29 is 19.0 Å². The number of methoxy groups -OCH3 is 1. The van der Waals surface area contributed by atoms with Crippen LogP contribution in [0.2, 0.25) is 0 Å². The molecule has 0 atom stereocenters. The molecule has 1 aliphatic heterocycles. The third kappa shape index (κ3) is 3.64. The first-order valence-electron chi connectivity index (χ1n) is 5.11.